The lowest BCUT2D eigenvalue weighted by Crippen LogP contribution is -2.45. The molecule has 0 unspecified atom stereocenters. The highest BCUT2D eigenvalue weighted by Crippen LogP contribution is 2.35. The molecule has 3 atom stereocenters. The second kappa shape index (κ2) is 5.90. The predicted octanol–water partition coefficient (Wildman–Crippen LogP) is 3.20. The lowest BCUT2D eigenvalue weighted by Gasteiger charge is -2.36. The number of amides is 1. The van der Waals surface area contributed by atoms with Crippen LogP contribution in [0, 0.1) is 5.92 Å². The number of carbonyl (C=O) groups is 1. The maximum atomic E-state index is 12.5. The van der Waals surface area contributed by atoms with E-state index in [-0.39, 0.29) is 24.0 Å². The van der Waals surface area contributed by atoms with Gasteiger partial charge in [0, 0.05) is 18.5 Å². The minimum Gasteiger partial charge on any atom is -0.444 e. The number of hydrogen-bond donors (Lipinski definition) is 1. The highest BCUT2D eigenvalue weighted by atomic mass is 79.9. The summed E-state index contributed by atoms with van der Waals surface area (Å²) in [6, 6.07) is 3.62. The molecule has 1 amide bonds. The van der Waals surface area contributed by atoms with Gasteiger partial charge in [-0.25, -0.2) is 0 Å². The maximum absolute atomic E-state index is 12.5. The molecular formula is C15H20BrNO3. The number of likely N-dealkylation sites (tertiary alicyclic amines) is 1. The van der Waals surface area contributed by atoms with Crippen molar-refractivity contribution in [2.75, 3.05) is 6.54 Å². The van der Waals surface area contributed by atoms with Crippen molar-refractivity contribution >= 4 is 21.8 Å². The van der Waals surface area contributed by atoms with Crippen LogP contribution in [0.1, 0.15) is 49.1 Å². The fourth-order valence-corrected chi connectivity index (χ4v) is 3.96. The van der Waals surface area contributed by atoms with E-state index in [2.05, 4.69) is 15.9 Å². The molecule has 0 aromatic carbocycles. The molecule has 2 heterocycles. The van der Waals surface area contributed by atoms with E-state index in [1.165, 1.54) is 0 Å². The fraction of sp³-hybridized carbons (Fsp3) is 0.667. The van der Waals surface area contributed by atoms with Crippen molar-refractivity contribution < 1.29 is 14.3 Å². The quantitative estimate of drug-likeness (QED) is 0.898. The highest BCUT2D eigenvalue weighted by Gasteiger charge is 2.39. The molecule has 1 aromatic rings. The smallest absolute Gasteiger partial charge is 0.289 e. The van der Waals surface area contributed by atoms with Gasteiger partial charge in [-0.05, 0) is 53.7 Å². The van der Waals surface area contributed by atoms with E-state index in [1.54, 1.807) is 12.1 Å². The Kier molecular flexibility index (Phi) is 4.17. The van der Waals surface area contributed by atoms with Crippen LogP contribution in [0.4, 0.5) is 0 Å². The Hall–Kier alpha value is -0.810. The first-order valence-electron chi connectivity index (χ1n) is 7.41. The van der Waals surface area contributed by atoms with Crippen LogP contribution in [0.5, 0.6) is 0 Å². The van der Waals surface area contributed by atoms with Crippen LogP contribution in [-0.4, -0.2) is 34.6 Å². The van der Waals surface area contributed by atoms with Gasteiger partial charge in [-0.2, -0.15) is 0 Å². The summed E-state index contributed by atoms with van der Waals surface area (Å²) in [6.45, 7) is 0.769. The van der Waals surface area contributed by atoms with Gasteiger partial charge in [0.05, 0.1) is 6.10 Å². The summed E-state index contributed by atoms with van der Waals surface area (Å²) in [7, 11) is 0. The van der Waals surface area contributed by atoms with Crippen molar-refractivity contribution in [3.63, 3.8) is 0 Å². The monoisotopic (exact) mass is 341 g/mol. The number of hydrogen-bond acceptors (Lipinski definition) is 3. The Morgan fingerprint density at radius 1 is 1.25 bits per heavy atom. The largest absolute Gasteiger partial charge is 0.444 e. The average Bonchev–Trinajstić information content (AvgIpc) is 3.07. The van der Waals surface area contributed by atoms with Gasteiger partial charge in [-0.15, -0.1) is 0 Å². The van der Waals surface area contributed by atoms with Crippen LogP contribution in [0.15, 0.2) is 21.2 Å². The Bertz CT molecular complexity index is 487. The standard InChI is InChI=1S/C15H20BrNO3/c16-14-8-7-13(20-14)15(19)17-9-3-5-11(17)10-4-1-2-6-12(10)18/h7-8,10-12,18H,1-6,9H2/t10-,11+,12+/m0/s1. The van der Waals surface area contributed by atoms with Crippen molar-refractivity contribution in [2.45, 2.75) is 50.7 Å². The third kappa shape index (κ3) is 2.66. The van der Waals surface area contributed by atoms with E-state index >= 15 is 0 Å². The SMILES string of the molecule is O=C(c1ccc(Br)o1)N1CCC[C@@H]1[C@@H]1CCCC[C@H]1O. The van der Waals surface area contributed by atoms with E-state index < -0.39 is 0 Å². The Morgan fingerprint density at radius 3 is 2.75 bits per heavy atom. The third-order valence-corrected chi connectivity index (χ3v) is 5.05. The summed E-state index contributed by atoms with van der Waals surface area (Å²) in [6.07, 6.45) is 5.91. The maximum Gasteiger partial charge on any atom is 0.289 e. The second-order valence-corrected chi connectivity index (χ2v) is 6.61. The van der Waals surface area contributed by atoms with Crippen LogP contribution in [-0.2, 0) is 0 Å². The molecule has 3 rings (SSSR count). The van der Waals surface area contributed by atoms with E-state index in [9.17, 15) is 9.90 Å². The van der Waals surface area contributed by atoms with Gasteiger partial charge in [0.25, 0.3) is 5.91 Å². The van der Waals surface area contributed by atoms with Crippen LogP contribution in [0.3, 0.4) is 0 Å². The zero-order valence-corrected chi connectivity index (χ0v) is 13.0. The number of aliphatic hydroxyl groups is 1. The van der Waals surface area contributed by atoms with E-state index in [4.69, 9.17) is 4.42 Å². The lowest BCUT2D eigenvalue weighted by molar-refractivity contribution is 0.0199. The normalized spacial score (nSPS) is 30.7. The predicted molar refractivity (Wildman–Crippen MR) is 78.4 cm³/mol. The molecule has 5 heteroatoms. The van der Waals surface area contributed by atoms with Gasteiger partial charge >= 0.3 is 0 Å². The molecule has 2 aliphatic rings. The van der Waals surface area contributed by atoms with E-state index in [0.29, 0.717) is 10.4 Å². The van der Waals surface area contributed by atoms with Crippen molar-refractivity contribution in [3.8, 4) is 0 Å². The topological polar surface area (TPSA) is 53.7 Å². The zero-order chi connectivity index (χ0) is 14.1. The molecule has 1 saturated heterocycles. The average molecular weight is 342 g/mol. The highest BCUT2D eigenvalue weighted by molar-refractivity contribution is 9.10. The van der Waals surface area contributed by atoms with Crippen LogP contribution in [0.2, 0.25) is 0 Å². The molecule has 1 aliphatic heterocycles. The van der Waals surface area contributed by atoms with Gasteiger partial charge < -0.3 is 14.4 Å². The van der Waals surface area contributed by atoms with Gasteiger partial charge in [0.15, 0.2) is 10.4 Å². The number of furan rings is 1. The van der Waals surface area contributed by atoms with Gasteiger partial charge in [-0.1, -0.05) is 12.8 Å². The number of nitrogens with zero attached hydrogens (tertiary/aromatic N) is 1. The fourth-order valence-electron chi connectivity index (χ4n) is 3.65. The summed E-state index contributed by atoms with van der Waals surface area (Å²) in [5, 5.41) is 10.2. The lowest BCUT2D eigenvalue weighted by atomic mass is 9.80. The van der Waals surface area contributed by atoms with Crippen LogP contribution < -0.4 is 0 Å². The van der Waals surface area contributed by atoms with Crippen LogP contribution in [0.25, 0.3) is 0 Å². The van der Waals surface area contributed by atoms with Crippen LogP contribution >= 0.6 is 15.9 Å². The van der Waals surface area contributed by atoms with E-state index in [0.717, 1.165) is 45.1 Å². The molecule has 1 aliphatic carbocycles. The molecule has 1 saturated carbocycles. The van der Waals surface area contributed by atoms with Gasteiger partial charge in [0.1, 0.15) is 0 Å². The van der Waals surface area contributed by atoms with Crippen molar-refractivity contribution in [3.05, 3.63) is 22.6 Å². The van der Waals surface area contributed by atoms with E-state index in [1.807, 2.05) is 4.90 Å². The molecule has 0 bridgehead atoms. The minimum absolute atomic E-state index is 0.0454. The summed E-state index contributed by atoms with van der Waals surface area (Å²) in [4.78, 5) is 14.5. The summed E-state index contributed by atoms with van der Waals surface area (Å²) >= 11 is 3.23. The first kappa shape index (κ1) is 14.1. The van der Waals surface area contributed by atoms with Gasteiger partial charge in [-0.3, -0.25) is 4.79 Å². The molecule has 1 aromatic heterocycles. The zero-order valence-electron chi connectivity index (χ0n) is 11.4. The second-order valence-electron chi connectivity index (χ2n) is 5.83. The number of aliphatic hydroxyl groups excluding tert-OH is 1. The molecule has 4 nitrogen and oxygen atoms in total. The number of carbonyl (C=O) groups excluding carboxylic acids is 1. The molecular weight excluding hydrogens is 322 g/mol. The Morgan fingerprint density at radius 2 is 2.05 bits per heavy atom. The van der Waals surface area contributed by atoms with Gasteiger partial charge in [0.2, 0.25) is 0 Å². The molecule has 0 spiro atoms. The number of halogens is 1. The summed E-state index contributed by atoms with van der Waals surface area (Å²) in [5.74, 6) is 0.568. The molecule has 2 fully saturated rings. The Labute approximate surface area is 127 Å². The Balaban J connectivity index is 1.76. The van der Waals surface area contributed by atoms with Crippen molar-refractivity contribution in [1.29, 1.82) is 0 Å². The third-order valence-electron chi connectivity index (χ3n) is 4.62. The first-order chi connectivity index (χ1) is 9.66. The first-order valence-corrected chi connectivity index (χ1v) is 8.20. The molecule has 1 N–H and O–H groups in total. The summed E-state index contributed by atoms with van der Waals surface area (Å²) < 4.78 is 5.96. The molecule has 0 radical (unpaired) electrons. The molecule has 20 heavy (non-hydrogen) atoms. The minimum atomic E-state index is -0.259. The van der Waals surface area contributed by atoms with Crippen molar-refractivity contribution in [1.82, 2.24) is 4.90 Å². The summed E-state index contributed by atoms with van der Waals surface area (Å²) in [5.41, 5.74) is 0. The van der Waals surface area contributed by atoms with Crippen molar-refractivity contribution in [2.24, 2.45) is 5.92 Å². The molecule has 110 valence electrons. The number of rotatable bonds is 2.